The van der Waals surface area contributed by atoms with Crippen LogP contribution in [0.15, 0.2) is 23.8 Å². The number of aliphatic carboxylic acids is 1. The van der Waals surface area contributed by atoms with Crippen molar-refractivity contribution in [3.63, 3.8) is 0 Å². The van der Waals surface area contributed by atoms with Gasteiger partial charge in [-0.3, -0.25) is 14.4 Å². The highest BCUT2D eigenvalue weighted by Crippen LogP contribution is 2.69. The molecular formula is C28H38O4. The minimum atomic E-state index is -0.687. The summed E-state index contributed by atoms with van der Waals surface area (Å²) in [7, 11) is 0. The maximum absolute atomic E-state index is 13.9. The van der Waals surface area contributed by atoms with Crippen LogP contribution in [-0.2, 0) is 14.4 Å². The van der Waals surface area contributed by atoms with Crippen LogP contribution in [0.25, 0.3) is 0 Å². The van der Waals surface area contributed by atoms with Gasteiger partial charge in [0.2, 0.25) is 0 Å². The lowest BCUT2D eigenvalue weighted by Gasteiger charge is -2.65. The van der Waals surface area contributed by atoms with E-state index < -0.39 is 11.4 Å². The van der Waals surface area contributed by atoms with Gasteiger partial charge in [-0.1, -0.05) is 46.3 Å². The summed E-state index contributed by atoms with van der Waals surface area (Å²) in [5, 5.41) is 9.71. The first kappa shape index (κ1) is 22.1. The molecule has 0 bridgehead atoms. The molecule has 4 heteroatoms. The Morgan fingerprint density at radius 3 is 2.34 bits per heavy atom. The number of rotatable bonds is 1. The van der Waals surface area contributed by atoms with E-state index in [1.165, 1.54) is 5.57 Å². The minimum Gasteiger partial charge on any atom is -0.481 e. The average Bonchev–Trinajstić information content (AvgIpc) is 2.69. The van der Waals surface area contributed by atoms with Crippen LogP contribution in [0.1, 0.15) is 79.6 Å². The number of ketones is 2. The Kier molecular flexibility index (Phi) is 4.61. The first-order chi connectivity index (χ1) is 14.8. The maximum atomic E-state index is 13.9. The molecule has 5 aliphatic carbocycles. The van der Waals surface area contributed by atoms with Gasteiger partial charge < -0.3 is 5.11 Å². The summed E-state index contributed by atoms with van der Waals surface area (Å²) in [5.74, 6) is -0.00595. The normalized spacial score (nSPS) is 49.3. The molecule has 5 rings (SSSR count). The Labute approximate surface area is 191 Å². The van der Waals surface area contributed by atoms with Crippen molar-refractivity contribution in [1.29, 1.82) is 0 Å². The average molecular weight is 439 g/mol. The van der Waals surface area contributed by atoms with E-state index >= 15 is 0 Å². The van der Waals surface area contributed by atoms with Gasteiger partial charge in [-0.15, -0.1) is 0 Å². The molecule has 174 valence electrons. The molecular weight excluding hydrogens is 400 g/mol. The first-order valence-electron chi connectivity index (χ1n) is 12.6. The van der Waals surface area contributed by atoms with E-state index in [9.17, 15) is 19.5 Å². The fraction of sp³-hybridized carbons (Fsp3) is 0.750. The van der Waals surface area contributed by atoms with Crippen LogP contribution in [0.3, 0.4) is 0 Å². The van der Waals surface area contributed by atoms with E-state index in [0.29, 0.717) is 12.3 Å². The zero-order chi connectivity index (χ0) is 23.3. The fourth-order valence-corrected chi connectivity index (χ4v) is 9.29. The summed E-state index contributed by atoms with van der Waals surface area (Å²) in [6.07, 6.45) is 12.2. The lowest BCUT2D eigenvalue weighted by atomic mass is 9.38. The molecule has 0 amide bonds. The number of allylic oxidation sites excluding steroid dienone is 4. The molecule has 8 atom stereocenters. The molecule has 0 heterocycles. The van der Waals surface area contributed by atoms with Gasteiger partial charge in [0.15, 0.2) is 11.6 Å². The number of carboxylic acids is 1. The quantitative estimate of drug-likeness (QED) is 0.577. The number of hydrogen-bond acceptors (Lipinski definition) is 3. The van der Waals surface area contributed by atoms with E-state index in [0.717, 1.165) is 38.5 Å². The Hall–Kier alpha value is -1.71. The maximum Gasteiger partial charge on any atom is 0.306 e. The number of fused-ring (bicyclic) bond motifs is 7. The van der Waals surface area contributed by atoms with Crippen molar-refractivity contribution in [3.8, 4) is 0 Å². The highest BCUT2D eigenvalue weighted by molar-refractivity contribution is 5.98. The molecule has 32 heavy (non-hydrogen) atoms. The van der Waals surface area contributed by atoms with Gasteiger partial charge in [0, 0.05) is 16.7 Å². The number of carbonyl (C=O) groups excluding carboxylic acids is 2. The smallest absolute Gasteiger partial charge is 0.306 e. The molecule has 8 unspecified atom stereocenters. The summed E-state index contributed by atoms with van der Waals surface area (Å²) >= 11 is 0. The second kappa shape index (κ2) is 6.67. The lowest BCUT2D eigenvalue weighted by Crippen LogP contribution is -2.62. The molecule has 0 aromatic rings. The van der Waals surface area contributed by atoms with Crippen molar-refractivity contribution in [1.82, 2.24) is 0 Å². The summed E-state index contributed by atoms with van der Waals surface area (Å²) in [4.78, 5) is 38.4. The van der Waals surface area contributed by atoms with Gasteiger partial charge in [-0.2, -0.15) is 0 Å². The summed E-state index contributed by atoms with van der Waals surface area (Å²) in [6.45, 7) is 11.0. The summed E-state index contributed by atoms with van der Waals surface area (Å²) < 4.78 is 0. The van der Waals surface area contributed by atoms with E-state index in [1.807, 2.05) is 6.08 Å². The second-order valence-electron chi connectivity index (χ2n) is 13.0. The summed E-state index contributed by atoms with van der Waals surface area (Å²) in [6, 6.07) is 0. The highest BCUT2D eigenvalue weighted by atomic mass is 16.4. The zero-order valence-corrected chi connectivity index (χ0v) is 20.2. The standard InChI is InChI=1S/C28H38O4/c1-25(2)21-8-12-27(4)18-7-11-26(3)10-6-16(24(31)32)14-19(26)17(18)15-20(29)23(27)28(21,5)13-9-22(25)30/h9,13,15-16,18-19,21,23H,6-8,10-12,14H2,1-5H3,(H,31,32). The van der Waals surface area contributed by atoms with Crippen LogP contribution in [0.5, 0.6) is 0 Å². The number of carboxylic acid groups (broad SMARTS) is 1. The van der Waals surface area contributed by atoms with Crippen molar-refractivity contribution < 1.29 is 19.5 Å². The van der Waals surface area contributed by atoms with E-state index in [4.69, 9.17) is 0 Å². The third-order valence-electron chi connectivity index (χ3n) is 11.1. The minimum absolute atomic E-state index is 0.109. The molecule has 3 fully saturated rings. The van der Waals surface area contributed by atoms with Crippen molar-refractivity contribution in [2.24, 2.45) is 51.2 Å². The molecule has 0 spiro atoms. The van der Waals surface area contributed by atoms with Gasteiger partial charge in [-0.05, 0) is 85.7 Å². The van der Waals surface area contributed by atoms with Crippen LogP contribution in [0.4, 0.5) is 0 Å². The van der Waals surface area contributed by atoms with Crippen molar-refractivity contribution >= 4 is 17.5 Å². The van der Waals surface area contributed by atoms with Crippen molar-refractivity contribution in [2.45, 2.75) is 79.6 Å². The molecule has 5 aliphatic rings. The van der Waals surface area contributed by atoms with E-state index in [2.05, 4.69) is 40.7 Å². The Morgan fingerprint density at radius 1 is 0.969 bits per heavy atom. The molecule has 0 aromatic heterocycles. The zero-order valence-electron chi connectivity index (χ0n) is 20.2. The predicted molar refractivity (Wildman–Crippen MR) is 123 cm³/mol. The van der Waals surface area contributed by atoms with Gasteiger partial charge in [0.1, 0.15) is 0 Å². The highest BCUT2D eigenvalue weighted by Gasteiger charge is 2.65. The van der Waals surface area contributed by atoms with Crippen LogP contribution in [0, 0.1) is 51.2 Å². The van der Waals surface area contributed by atoms with Gasteiger partial charge >= 0.3 is 5.97 Å². The van der Waals surface area contributed by atoms with Gasteiger partial charge in [-0.25, -0.2) is 0 Å². The van der Waals surface area contributed by atoms with Crippen LogP contribution in [-0.4, -0.2) is 22.6 Å². The number of carbonyl (C=O) groups is 3. The largest absolute Gasteiger partial charge is 0.481 e. The molecule has 1 N–H and O–H groups in total. The van der Waals surface area contributed by atoms with Crippen molar-refractivity contribution in [2.75, 3.05) is 0 Å². The molecule has 4 nitrogen and oxygen atoms in total. The first-order valence-corrected chi connectivity index (χ1v) is 12.6. The van der Waals surface area contributed by atoms with Crippen molar-refractivity contribution in [3.05, 3.63) is 23.8 Å². The molecule has 0 aromatic carbocycles. The summed E-state index contributed by atoms with van der Waals surface area (Å²) in [5.41, 5.74) is 0.465. The Balaban J connectivity index is 1.59. The van der Waals surface area contributed by atoms with Crippen LogP contribution < -0.4 is 0 Å². The monoisotopic (exact) mass is 438 g/mol. The third kappa shape index (κ3) is 2.70. The van der Waals surface area contributed by atoms with Gasteiger partial charge in [0.05, 0.1) is 5.92 Å². The topological polar surface area (TPSA) is 71.4 Å². The van der Waals surface area contributed by atoms with Gasteiger partial charge in [0.25, 0.3) is 0 Å². The van der Waals surface area contributed by atoms with Crippen LogP contribution in [0.2, 0.25) is 0 Å². The van der Waals surface area contributed by atoms with E-state index in [1.54, 1.807) is 6.08 Å². The van der Waals surface area contributed by atoms with E-state index in [-0.39, 0.29) is 51.5 Å². The van der Waals surface area contributed by atoms with Crippen LogP contribution >= 0.6 is 0 Å². The molecule has 0 saturated heterocycles. The number of hydrogen-bond donors (Lipinski definition) is 1. The Bertz CT molecular complexity index is 956. The second-order valence-corrected chi connectivity index (χ2v) is 13.0. The molecule has 0 radical (unpaired) electrons. The fourth-order valence-electron chi connectivity index (χ4n) is 9.29. The lowest BCUT2D eigenvalue weighted by molar-refractivity contribution is -0.157. The predicted octanol–water partition coefficient (Wildman–Crippen LogP) is 5.62. The third-order valence-corrected chi connectivity index (χ3v) is 11.1. The molecule has 0 aliphatic heterocycles. The Morgan fingerprint density at radius 2 is 1.66 bits per heavy atom. The SMILES string of the molecule is CC12CCC(C(=O)O)CC1C1=CC(=O)C3C4(C)C=CC(=O)C(C)(C)C4CCC3(C)C1CC2. The molecule has 3 saturated carbocycles.